The highest BCUT2D eigenvalue weighted by Gasteiger charge is 2.31. The van der Waals surface area contributed by atoms with E-state index in [0.717, 1.165) is 16.3 Å². The van der Waals surface area contributed by atoms with Crippen molar-refractivity contribution >= 4 is 29.2 Å². The fourth-order valence-corrected chi connectivity index (χ4v) is 4.97. The molecule has 1 aliphatic heterocycles. The molecular weight excluding hydrogens is 355 g/mol. The monoisotopic (exact) mass is 374 g/mol. The maximum Gasteiger partial charge on any atom is 0.130 e. The lowest BCUT2D eigenvalue weighted by Gasteiger charge is -2.23. The first-order chi connectivity index (χ1) is 12.2. The SMILES string of the molecule is Fc1cccc(Cl)c1CSc1ccccc1C1=NC2CCCCC2N1. The van der Waals surface area contributed by atoms with Crippen molar-refractivity contribution < 1.29 is 4.39 Å². The van der Waals surface area contributed by atoms with Gasteiger partial charge in [-0.2, -0.15) is 0 Å². The van der Waals surface area contributed by atoms with E-state index >= 15 is 0 Å². The zero-order valence-electron chi connectivity index (χ0n) is 13.8. The fraction of sp³-hybridized carbons (Fsp3) is 0.350. The van der Waals surface area contributed by atoms with Crippen molar-refractivity contribution in [3.8, 4) is 0 Å². The summed E-state index contributed by atoms with van der Waals surface area (Å²) in [4.78, 5) is 6.03. The summed E-state index contributed by atoms with van der Waals surface area (Å²) in [5.74, 6) is 1.24. The lowest BCUT2D eigenvalue weighted by molar-refractivity contribution is 0.385. The molecule has 2 aromatic rings. The van der Waals surface area contributed by atoms with Crippen LogP contribution in [-0.4, -0.2) is 17.9 Å². The number of hydrogen-bond donors (Lipinski definition) is 1. The zero-order chi connectivity index (χ0) is 17.2. The summed E-state index contributed by atoms with van der Waals surface area (Å²) in [6.45, 7) is 0. The quantitative estimate of drug-likeness (QED) is 0.721. The Hall–Kier alpha value is -1.52. The molecule has 2 aromatic carbocycles. The number of rotatable bonds is 4. The molecule has 4 rings (SSSR count). The average molecular weight is 375 g/mol. The number of benzene rings is 2. The van der Waals surface area contributed by atoms with Crippen molar-refractivity contribution in [2.75, 3.05) is 0 Å². The Morgan fingerprint density at radius 2 is 1.96 bits per heavy atom. The van der Waals surface area contributed by atoms with Crippen LogP contribution in [0.3, 0.4) is 0 Å². The normalized spacial score (nSPS) is 22.2. The van der Waals surface area contributed by atoms with Gasteiger partial charge in [-0.3, -0.25) is 4.99 Å². The van der Waals surface area contributed by atoms with Crippen LogP contribution in [0.25, 0.3) is 0 Å². The van der Waals surface area contributed by atoms with Crippen molar-refractivity contribution in [2.24, 2.45) is 4.99 Å². The molecule has 2 unspecified atom stereocenters. The minimum Gasteiger partial charge on any atom is -0.365 e. The zero-order valence-corrected chi connectivity index (χ0v) is 15.4. The molecule has 5 heteroatoms. The van der Waals surface area contributed by atoms with Gasteiger partial charge >= 0.3 is 0 Å². The van der Waals surface area contributed by atoms with E-state index in [1.54, 1.807) is 23.9 Å². The number of nitrogens with one attached hydrogen (secondary N) is 1. The average Bonchev–Trinajstić information content (AvgIpc) is 3.05. The van der Waals surface area contributed by atoms with Crippen LogP contribution < -0.4 is 5.32 Å². The Bertz CT molecular complexity index is 788. The highest BCUT2D eigenvalue weighted by atomic mass is 35.5. The van der Waals surface area contributed by atoms with Gasteiger partial charge in [0.05, 0.1) is 6.04 Å². The van der Waals surface area contributed by atoms with E-state index in [0.29, 0.717) is 28.4 Å². The molecule has 25 heavy (non-hydrogen) atoms. The molecule has 0 bridgehead atoms. The second-order valence-electron chi connectivity index (χ2n) is 6.57. The third-order valence-electron chi connectivity index (χ3n) is 4.92. The van der Waals surface area contributed by atoms with Crippen LogP contribution in [0.1, 0.15) is 36.8 Å². The van der Waals surface area contributed by atoms with Crippen LogP contribution >= 0.6 is 23.4 Å². The summed E-state index contributed by atoms with van der Waals surface area (Å²) >= 11 is 7.76. The van der Waals surface area contributed by atoms with E-state index in [-0.39, 0.29) is 5.82 Å². The number of amidine groups is 1. The topological polar surface area (TPSA) is 24.4 Å². The molecule has 0 aromatic heterocycles. The largest absolute Gasteiger partial charge is 0.365 e. The van der Waals surface area contributed by atoms with Gasteiger partial charge in [-0.25, -0.2) is 4.39 Å². The lowest BCUT2D eigenvalue weighted by Crippen LogP contribution is -2.37. The van der Waals surface area contributed by atoms with Crippen LogP contribution in [0.4, 0.5) is 4.39 Å². The molecule has 0 saturated heterocycles. The predicted molar refractivity (Wildman–Crippen MR) is 103 cm³/mol. The highest BCUT2D eigenvalue weighted by Crippen LogP contribution is 2.33. The highest BCUT2D eigenvalue weighted by molar-refractivity contribution is 7.98. The Balaban J connectivity index is 1.56. The molecule has 1 fully saturated rings. The van der Waals surface area contributed by atoms with Crippen molar-refractivity contribution in [2.45, 2.75) is 48.4 Å². The Labute approximate surface area is 156 Å². The maximum atomic E-state index is 14.0. The molecular formula is C20H20ClFN2S. The van der Waals surface area contributed by atoms with Crippen molar-refractivity contribution in [3.05, 3.63) is 64.4 Å². The fourth-order valence-electron chi connectivity index (χ4n) is 3.57. The number of hydrogen-bond acceptors (Lipinski definition) is 3. The van der Waals surface area contributed by atoms with E-state index in [2.05, 4.69) is 17.4 Å². The van der Waals surface area contributed by atoms with Crippen LogP contribution in [0, 0.1) is 5.82 Å². The third kappa shape index (κ3) is 3.56. The summed E-state index contributed by atoms with van der Waals surface area (Å²) in [7, 11) is 0. The van der Waals surface area contributed by atoms with Gasteiger partial charge in [-0.15, -0.1) is 11.8 Å². The van der Waals surface area contributed by atoms with Gasteiger partial charge < -0.3 is 5.32 Å². The first-order valence-corrected chi connectivity index (χ1v) is 10.1. The van der Waals surface area contributed by atoms with E-state index in [4.69, 9.17) is 16.6 Å². The Morgan fingerprint density at radius 1 is 1.12 bits per heavy atom. The smallest absolute Gasteiger partial charge is 0.130 e. The summed E-state index contributed by atoms with van der Waals surface area (Å²) < 4.78 is 14.0. The van der Waals surface area contributed by atoms with Crippen LogP contribution in [0.2, 0.25) is 5.02 Å². The summed E-state index contributed by atoms with van der Waals surface area (Å²) in [5, 5.41) is 4.09. The van der Waals surface area contributed by atoms with Crippen LogP contribution in [0.5, 0.6) is 0 Å². The van der Waals surface area contributed by atoms with Gasteiger partial charge in [-0.05, 0) is 31.0 Å². The number of halogens is 2. The van der Waals surface area contributed by atoms with Crippen molar-refractivity contribution in [1.29, 1.82) is 0 Å². The van der Waals surface area contributed by atoms with Crippen molar-refractivity contribution in [3.63, 3.8) is 0 Å². The first-order valence-electron chi connectivity index (χ1n) is 8.72. The number of nitrogens with zero attached hydrogens (tertiary/aromatic N) is 1. The molecule has 0 radical (unpaired) electrons. The Kier molecular flexibility index (Phi) is 5.00. The van der Waals surface area contributed by atoms with E-state index < -0.39 is 0 Å². The van der Waals surface area contributed by atoms with Crippen molar-refractivity contribution in [1.82, 2.24) is 5.32 Å². The van der Waals surface area contributed by atoms with Gasteiger partial charge in [0.25, 0.3) is 0 Å². The molecule has 1 aliphatic carbocycles. The third-order valence-corrected chi connectivity index (χ3v) is 6.38. The molecule has 1 saturated carbocycles. The van der Waals surface area contributed by atoms with Gasteiger partial charge in [0.15, 0.2) is 0 Å². The van der Waals surface area contributed by atoms with Gasteiger partial charge in [0, 0.05) is 32.8 Å². The van der Waals surface area contributed by atoms with Gasteiger partial charge in [0.2, 0.25) is 0 Å². The molecule has 2 nitrogen and oxygen atoms in total. The predicted octanol–water partition coefficient (Wildman–Crippen LogP) is 5.43. The summed E-state index contributed by atoms with van der Waals surface area (Å²) in [6, 6.07) is 13.9. The lowest BCUT2D eigenvalue weighted by atomic mass is 9.92. The minimum absolute atomic E-state index is 0.250. The molecule has 130 valence electrons. The van der Waals surface area contributed by atoms with Gasteiger partial charge in [-0.1, -0.05) is 48.7 Å². The minimum atomic E-state index is -0.250. The molecule has 2 aliphatic rings. The van der Waals surface area contributed by atoms with Crippen LogP contribution in [-0.2, 0) is 5.75 Å². The van der Waals surface area contributed by atoms with E-state index in [1.807, 2.05) is 12.1 Å². The molecule has 2 atom stereocenters. The summed E-state index contributed by atoms with van der Waals surface area (Å²) in [6.07, 6.45) is 4.90. The van der Waals surface area contributed by atoms with Gasteiger partial charge in [0.1, 0.15) is 11.7 Å². The van der Waals surface area contributed by atoms with Crippen LogP contribution in [0.15, 0.2) is 52.4 Å². The first kappa shape index (κ1) is 16.9. The standard InChI is InChI=1S/C20H20ClFN2S/c21-15-7-5-8-16(22)14(15)12-25-19-11-4-1-6-13(19)20-23-17-9-2-3-10-18(17)24-20/h1,4-8,11,17-18H,2-3,9-10,12H2,(H,23,24). The number of fused-ring (bicyclic) bond motifs is 1. The number of aliphatic imine (C=N–C) groups is 1. The molecule has 0 amide bonds. The molecule has 1 heterocycles. The van der Waals surface area contributed by atoms with E-state index in [1.165, 1.54) is 31.7 Å². The molecule has 1 N–H and O–H groups in total. The molecule has 0 spiro atoms. The number of thioether (sulfide) groups is 1. The maximum absolute atomic E-state index is 14.0. The second kappa shape index (κ2) is 7.38. The summed E-state index contributed by atoms with van der Waals surface area (Å²) in [5.41, 5.74) is 1.66. The Morgan fingerprint density at radius 3 is 2.80 bits per heavy atom. The second-order valence-corrected chi connectivity index (χ2v) is 7.99. The van der Waals surface area contributed by atoms with E-state index in [9.17, 15) is 4.39 Å².